The molecule has 5 heteroatoms. The molecule has 2 rings (SSSR count). The summed E-state index contributed by atoms with van der Waals surface area (Å²) in [5.74, 6) is 0.886. The number of sulfone groups is 1. The van der Waals surface area contributed by atoms with Gasteiger partial charge in [-0.1, -0.05) is 24.6 Å². The summed E-state index contributed by atoms with van der Waals surface area (Å²) in [5.41, 5.74) is 1.15. The average molecular weight is 311 g/mol. The highest BCUT2D eigenvalue weighted by Crippen LogP contribution is 2.26. The highest BCUT2D eigenvalue weighted by atomic mass is 32.2. The van der Waals surface area contributed by atoms with Crippen molar-refractivity contribution in [3.05, 3.63) is 29.8 Å². The highest BCUT2D eigenvalue weighted by molar-refractivity contribution is 7.91. The van der Waals surface area contributed by atoms with Crippen molar-refractivity contribution in [1.29, 1.82) is 0 Å². The van der Waals surface area contributed by atoms with Crippen LogP contribution in [-0.2, 0) is 16.3 Å². The maximum absolute atomic E-state index is 11.8. The summed E-state index contributed by atoms with van der Waals surface area (Å²) in [6.07, 6.45) is 4.88. The zero-order chi connectivity index (χ0) is 15.5. The molecule has 1 saturated carbocycles. The largest absolute Gasteiger partial charge is 0.496 e. The van der Waals surface area contributed by atoms with Crippen molar-refractivity contribution >= 4 is 9.84 Å². The first kappa shape index (κ1) is 16.3. The van der Waals surface area contributed by atoms with Crippen molar-refractivity contribution in [1.82, 2.24) is 5.32 Å². The topological polar surface area (TPSA) is 55.4 Å². The number of para-hydroxylation sites is 1. The van der Waals surface area contributed by atoms with Gasteiger partial charge in [-0.25, -0.2) is 8.42 Å². The zero-order valence-corrected chi connectivity index (χ0v) is 13.8. The number of rotatable bonds is 6. The highest BCUT2D eigenvalue weighted by Gasteiger charge is 2.35. The molecule has 0 radical (unpaired) electrons. The molecule has 0 aliphatic heterocycles. The molecule has 1 aromatic carbocycles. The van der Waals surface area contributed by atoms with E-state index in [0.717, 1.165) is 37.0 Å². The SMILES string of the molecule is COc1ccccc1CC(C)NC1CCCC1S(C)(=O)=O. The van der Waals surface area contributed by atoms with Crippen LogP contribution in [0.1, 0.15) is 31.7 Å². The molecule has 1 fully saturated rings. The van der Waals surface area contributed by atoms with Crippen LogP contribution in [-0.4, -0.2) is 39.1 Å². The second kappa shape index (κ2) is 6.79. The van der Waals surface area contributed by atoms with E-state index in [9.17, 15) is 8.42 Å². The Hall–Kier alpha value is -1.07. The molecular weight excluding hydrogens is 286 g/mol. The monoisotopic (exact) mass is 311 g/mol. The molecular formula is C16H25NO3S. The summed E-state index contributed by atoms with van der Waals surface area (Å²) in [7, 11) is -1.30. The fraction of sp³-hybridized carbons (Fsp3) is 0.625. The predicted molar refractivity (Wildman–Crippen MR) is 85.6 cm³/mol. The first-order valence-electron chi connectivity index (χ1n) is 7.48. The van der Waals surface area contributed by atoms with Gasteiger partial charge >= 0.3 is 0 Å². The van der Waals surface area contributed by atoms with Crippen LogP contribution in [0.15, 0.2) is 24.3 Å². The van der Waals surface area contributed by atoms with E-state index in [1.165, 1.54) is 6.26 Å². The van der Waals surface area contributed by atoms with Gasteiger partial charge in [0.2, 0.25) is 0 Å². The lowest BCUT2D eigenvalue weighted by atomic mass is 10.0. The number of hydrogen-bond donors (Lipinski definition) is 1. The number of ether oxygens (including phenoxy) is 1. The molecule has 1 aromatic rings. The molecule has 0 bridgehead atoms. The minimum absolute atomic E-state index is 0.0738. The van der Waals surface area contributed by atoms with Gasteiger partial charge in [0.15, 0.2) is 9.84 Å². The van der Waals surface area contributed by atoms with E-state index in [4.69, 9.17) is 4.74 Å². The van der Waals surface area contributed by atoms with E-state index in [2.05, 4.69) is 18.3 Å². The van der Waals surface area contributed by atoms with E-state index in [1.54, 1.807) is 7.11 Å². The van der Waals surface area contributed by atoms with Crippen LogP contribution in [0.5, 0.6) is 5.75 Å². The van der Waals surface area contributed by atoms with Gasteiger partial charge < -0.3 is 10.1 Å². The van der Waals surface area contributed by atoms with Crippen LogP contribution < -0.4 is 10.1 Å². The summed E-state index contributed by atoms with van der Waals surface area (Å²) in [4.78, 5) is 0. The van der Waals surface area contributed by atoms with E-state index in [-0.39, 0.29) is 17.3 Å². The van der Waals surface area contributed by atoms with Gasteiger partial charge in [-0.15, -0.1) is 0 Å². The van der Waals surface area contributed by atoms with E-state index in [0.29, 0.717) is 0 Å². The molecule has 0 saturated heterocycles. The third-order valence-corrected chi connectivity index (χ3v) is 5.88. The third-order valence-electron chi connectivity index (χ3n) is 4.22. The third kappa shape index (κ3) is 4.20. The second-order valence-electron chi connectivity index (χ2n) is 5.99. The summed E-state index contributed by atoms with van der Waals surface area (Å²) >= 11 is 0. The first-order chi connectivity index (χ1) is 9.91. The zero-order valence-electron chi connectivity index (χ0n) is 13.0. The lowest BCUT2D eigenvalue weighted by Gasteiger charge is -2.24. The van der Waals surface area contributed by atoms with E-state index >= 15 is 0 Å². The van der Waals surface area contributed by atoms with Crippen LogP contribution in [0.3, 0.4) is 0 Å². The van der Waals surface area contributed by atoms with Crippen molar-refractivity contribution in [3.8, 4) is 5.75 Å². The summed E-state index contributed by atoms with van der Waals surface area (Å²) in [5, 5.41) is 3.26. The Morgan fingerprint density at radius 3 is 2.71 bits per heavy atom. The summed E-state index contributed by atoms with van der Waals surface area (Å²) < 4.78 is 29.0. The van der Waals surface area contributed by atoms with Crippen molar-refractivity contribution in [3.63, 3.8) is 0 Å². The molecule has 0 aromatic heterocycles. The lowest BCUT2D eigenvalue weighted by Crippen LogP contribution is -2.44. The molecule has 1 N–H and O–H groups in total. The standard InChI is InChI=1S/C16H25NO3S/c1-12(11-13-7-4-5-9-15(13)20-2)17-14-8-6-10-16(14)21(3,18)19/h4-5,7,9,12,14,16-17H,6,8,10-11H2,1-3H3. The Labute approximate surface area is 127 Å². The van der Waals surface area contributed by atoms with Gasteiger partial charge in [-0.2, -0.15) is 0 Å². The van der Waals surface area contributed by atoms with Crippen LogP contribution in [0.2, 0.25) is 0 Å². The Balaban J connectivity index is 2.00. The fourth-order valence-electron chi connectivity index (χ4n) is 3.25. The van der Waals surface area contributed by atoms with Crippen molar-refractivity contribution in [2.45, 2.75) is 49.9 Å². The molecule has 118 valence electrons. The molecule has 3 atom stereocenters. The summed E-state index contributed by atoms with van der Waals surface area (Å²) in [6.45, 7) is 2.10. The van der Waals surface area contributed by atoms with Gasteiger partial charge in [0.25, 0.3) is 0 Å². The molecule has 0 heterocycles. The van der Waals surface area contributed by atoms with Crippen LogP contribution in [0, 0.1) is 0 Å². The molecule has 3 unspecified atom stereocenters. The predicted octanol–water partition coefficient (Wildman–Crippen LogP) is 2.18. The average Bonchev–Trinajstić information content (AvgIpc) is 2.87. The smallest absolute Gasteiger partial charge is 0.151 e. The van der Waals surface area contributed by atoms with Gasteiger partial charge in [0.1, 0.15) is 5.75 Å². The minimum Gasteiger partial charge on any atom is -0.496 e. The Morgan fingerprint density at radius 2 is 2.05 bits per heavy atom. The normalized spacial score (nSPS) is 24.0. The van der Waals surface area contributed by atoms with Gasteiger partial charge in [0.05, 0.1) is 12.4 Å². The van der Waals surface area contributed by atoms with Crippen LogP contribution in [0.4, 0.5) is 0 Å². The van der Waals surface area contributed by atoms with Crippen LogP contribution in [0.25, 0.3) is 0 Å². The van der Waals surface area contributed by atoms with Crippen LogP contribution >= 0.6 is 0 Å². The first-order valence-corrected chi connectivity index (χ1v) is 9.44. The molecule has 1 aliphatic rings. The second-order valence-corrected chi connectivity index (χ2v) is 8.25. The number of nitrogens with one attached hydrogen (secondary N) is 1. The maximum atomic E-state index is 11.8. The van der Waals surface area contributed by atoms with Gasteiger partial charge in [-0.05, 0) is 37.8 Å². The quantitative estimate of drug-likeness (QED) is 0.875. The van der Waals surface area contributed by atoms with Gasteiger partial charge in [0, 0.05) is 18.3 Å². The number of hydrogen-bond acceptors (Lipinski definition) is 4. The van der Waals surface area contributed by atoms with Gasteiger partial charge in [-0.3, -0.25) is 0 Å². The summed E-state index contributed by atoms with van der Waals surface area (Å²) in [6, 6.07) is 8.26. The van der Waals surface area contributed by atoms with E-state index < -0.39 is 9.84 Å². The lowest BCUT2D eigenvalue weighted by molar-refractivity contribution is 0.400. The minimum atomic E-state index is -2.97. The van der Waals surface area contributed by atoms with Crippen molar-refractivity contribution in [2.75, 3.05) is 13.4 Å². The number of methoxy groups -OCH3 is 1. The Bertz CT molecular complexity index is 571. The number of benzene rings is 1. The van der Waals surface area contributed by atoms with E-state index in [1.807, 2.05) is 18.2 Å². The van der Waals surface area contributed by atoms with Crippen molar-refractivity contribution < 1.29 is 13.2 Å². The molecule has 4 nitrogen and oxygen atoms in total. The molecule has 1 aliphatic carbocycles. The Morgan fingerprint density at radius 1 is 1.33 bits per heavy atom. The Kier molecular flexibility index (Phi) is 5.27. The molecule has 21 heavy (non-hydrogen) atoms. The molecule has 0 spiro atoms. The maximum Gasteiger partial charge on any atom is 0.151 e. The van der Waals surface area contributed by atoms with Crippen molar-refractivity contribution in [2.24, 2.45) is 0 Å². The molecule has 0 amide bonds. The fourth-order valence-corrected chi connectivity index (χ4v) is 4.66.